The third kappa shape index (κ3) is 4.66. The molecule has 7 nitrogen and oxygen atoms in total. The Kier molecular flexibility index (Phi) is 5.58. The molecule has 2 heterocycles. The number of aryl methyl sites for hydroxylation is 1. The number of carbonyl (C=O) groups excluding carboxylic acids is 2. The van der Waals surface area contributed by atoms with Crippen LogP contribution in [0.4, 0.5) is 5.82 Å². The molecule has 7 heteroatoms. The molecule has 0 saturated heterocycles. The summed E-state index contributed by atoms with van der Waals surface area (Å²) in [7, 11) is 0. The van der Waals surface area contributed by atoms with Crippen molar-refractivity contribution in [2.24, 2.45) is 5.16 Å². The van der Waals surface area contributed by atoms with Crippen LogP contribution >= 0.6 is 0 Å². The van der Waals surface area contributed by atoms with Gasteiger partial charge in [0.05, 0.1) is 0 Å². The lowest BCUT2D eigenvalue weighted by Crippen LogP contribution is -2.33. The van der Waals surface area contributed by atoms with E-state index in [0.29, 0.717) is 18.0 Å². The second-order valence-electron chi connectivity index (χ2n) is 5.97. The van der Waals surface area contributed by atoms with Gasteiger partial charge in [-0.1, -0.05) is 41.6 Å². The number of oxime groups is 1. The minimum absolute atomic E-state index is 0.150. The first-order chi connectivity index (χ1) is 12.6. The van der Waals surface area contributed by atoms with Gasteiger partial charge in [-0.15, -0.1) is 0 Å². The van der Waals surface area contributed by atoms with Crippen molar-refractivity contribution in [1.82, 2.24) is 10.3 Å². The summed E-state index contributed by atoms with van der Waals surface area (Å²) in [5.74, 6) is -0.0271. The zero-order chi connectivity index (χ0) is 18.4. The van der Waals surface area contributed by atoms with Gasteiger partial charge in [0.2, 0.25) is 5.91 Å². The van der Waals surface area contributed by atoms with E-state index in [0.717, 1.165) is 11.3 Å². The van der Waals surface area contributed by atoms with E-state index in [2.05, 4.69) is 20.8 Å². The van der Waals surface area contributed by atoms with Gasteiger partial charge in [0.1, 0.15) is 11.5 Å². The van der Waals surface area contributed by atoms with E-state index in [9.17, 15) is 9.59 Å². The molecule has 134 valence electrons. The van der Waals surface area contributed by atoms with Gasteiger partial charge in [-0.2, -0.15) is 0 Å². The third-order valence-corrected chi connectivity index (χ3v) is 3.90. The number of carbonyl (C=O) groups is 2. The van der Waals surface area contributed by atoms with Gasteiger partial charge in [0.25, 0.3) is 5.91 Å². The Morgan fingerprint density at radius 2 is 1.96 bits per heavy atom. The Morgan fingerprint density at radius 3 is 2.73 bits per heavy atom. The molecule has 3 rings (SSSR count). The third-order valence-electron chi connectivity index (χ3n) is 3.90. The molecule has 0 saturated carbocycles. The molecule has 1 unspecified atom stereocenters. The Bertz CT molecular complexity index is 821. The standard InChI is InChI=1S/C19H20N4O3/c1-13-6-5-9-17(21-13)22-18(24)10-11-20-19(25)15-12-16(26-23-15)14-7-3-2-4-8-14/h2-9,16H,10-12H2,1H3,(H,20,25)(H,21,22,24). The zero-order valence-electron chi connectivity index (χ0n) is 14.4. The van der Waals surface area contributed by atoms with E-state index in [-0.39, 0.29) is 30.9 Å². The highest BCUT2D eigenvalue weighted by Gasteiger charge is 2.27. The van der Waals surface area contributed by atoms with Gasteiger partial charge in [-0.3, -0.25) is 9.59 Å². The van der Waals surface area contributed by atoms with Crippen LogP contribution < -0.4 is 10.6 Å². The van der Waals surface area contributed by atoms with Crippen LogP contribution in [-0.4, -0.2) is 29.1 Å². The lowest BCUT2D eigenvalue weighted by Gasteiger charge is -2.08. The molecular formula is C19H20N4O3. The number of anilines is 1. The molecular weight excluding hydrogens is 332 g/mol. The molecule has 0 bridgehead atoms. The van der Waals surface area contributed by atoms with Crippen molar-refractivity contribution in [3.63, 3.8) is 0 Å². The maximum absolute atomic E-state index is 12.1. The Balaban J connectivity index is 1.41. The number of rotatable bonds is 6. The highest BCUT2D eigenvalue weighted by atomic mass is 16.6. The summed E-state index contributed by atoms with van der Waals surface area (Å²) < 4.78 is 0. The first kappa shape index (κ1) is 17.6. The molecule has 2 aromatic rings. The van der Waals surface area contributed by atoms with Gasteiger partial charge >= 0.3 is 0 Å². The van der Waals surface area contributed by atoms with Crippen LogP contribution in [0.5, 0.6) is 0 Å². The molecule has 2 amide bonds. The molecule has 1 aliphatic rings. The summed E-state index contributed by atoms with van der Waals surface area (Å²) in [6.07, 6.45) is 0.319. The van der Waals surface area contributed by atoms with Gasteiger partial charge < -0.3 is 15.5 Å². The molecule has 1 aromatic carbocycles. The fraction of sp³-hybridized carbons (Fsp3) is 0.263. The van der Waals surface area contributed by atoms with Crippen molar-refractivity contribution in [2.45, 2.75) is 25.9 Å². The number of amides is 2. The Labute approximate surface area is 151 Å². The number of hydrogen-bond donors (Lipinski definition) is 2. The van der Waals surface area contributed by atoms with Crippen molar-refractivity contribution in [2.75, 3.05) is 11.9 Å². The average Bonchev–Trinajstić information content (AvgIpc) is 3.12. The molecule has 0 radical (unpaired) electrons. The van der Waals surface area contributed by atoms with E-state index in [1.54, 1.807) is 6.07 Å². The molecule has 2 N–H and O–H groups in total. The summed E-state index contributed by atoms with van der Waals surface area (Å²) in [6.45, 7) is 2.06. The Morgan fingerprint density at radius 1 is 1.15 bits per heavy atom. The number of aromatic nitrogens is 1. The lowest BCUT2D eigenvalue weighted by atomic mass is 10.0. The second-order valence-corrected chi connectivity index (χ2v) is 5.97. The van der Waals surface area contributed by atoms with Crippen LogP contribution in [0, 0.1) is 6.92 Å². The monoisotopic (exact) mass is 352 g/mol. The van der Waals surface area contributed by atoms with E-state index in [1.807, 2.05) is 49.4 Å². The lowest BCUT2D eigenvalue weighted by molar-refractivity contribution is -0.116. The molecule has 26 heavy (non-hydrogen) atoms. The van der Waals surface area contributed by atoms with Gasteiger partial charge in [-0.05, 0) is 24.6 Å². The predicted octanol–water partition coefficient (Wildman–Crippen LogP) is 2.35. The first-order valence-electron chi connectivity index (χ1n) is 8.41. The normalized spacial score (nSPS) is 15.7. The number of hydrogen-bond acceptors (Lipinski definition) is 5. The minimum atomic E-state index is -0.315. The summed E-state index contributed by atoms with van der Waals surface area (Å²) in [5.41, 5.74) is 2.13. The highest BCUT2D eigenvalue weighted by Crippen LogP contribution is 2.26. The maximum Gasteiger partial charge on any atom is 0.269 e. The molecule has 0 aliphatic carbocycles. The van der Waals surface area contributed by atoms with Crippen LogP contribution in [-0.2, 0) is 14.4 Å². The molecule has 0 fully saturated rings. The van der Waals surface area contributed by atoms with Crippen molar-refractivity contribution in [1.29, 1.82) is 0 Å². The highest BCUT2D eigenvalue weighted by molar-refractivity contribution is 6.39. The zero-order valence-corrected chi connectivity index (χ0v) is 14.4. The smallest absolute Gasteiger partial charge is 0.269 e. The molecule has 1 atom stereocenters. The number of benzene rings is 1. The number of nitrogens with one attached hydrogen (secondary N) is 2. The van der Waals surface area contributed by atoms with E-state index in [4.69, 9.17) is 4.84 Å². The van der Waals surface area contributed by atoms with Crippen LogP contribution in [0.1, 0.15) is 30.2 Å². The van der Waals surface area contributed by atoms with E-state index < -0.39 is 0 Å². The molecule has 1 aromatic heterocycles. The van der Waals surface area contributed by atoms with Crippen molar-refractivity contribution >= 4 is 23.3 Å². The predicted molar refractivity (Wildman–Crippen MR) is 97.6 cm³/mol. The quantitative estimate of drug-likeness (QED) is 0.835. The SMILES string of the molecule is Cc1cccc(NC(=O)CCNC(=O)C2=NOC(c3ccccc3)C2)n1. The van der Waals surface area contributed by atoms with E-state index in [1.165, 1.54) is 0 Å². The molecule has 1 aliphatic heterocycles. The van der Waals surface area contributed by atoms with Crippen LogP contribution in [0.3, 0.4) is 0 Å². The summed E-state index contributed by atoms with van der Waals surface area (Å²) in [4.78, 5) is 33.6. The first-order valence-corrected chi connectivity index (χ1v) is 8.41. The maximum atomic E-state index is 12.1. The summed E-state index contributed by atoms with van der Waals surface area (Å²) in [6, 6.07) is 15.0. The molecule has 0 spiro atoms. The fourth-order valence-electron chi connectivity index (χ4n) is 2.57. The van der Waals surface area contributed by atoms with Crippen molar-refractivity contribution < 1.29 is 14.4 Å². The van der Waals surface area contributed by atoms with Crippen molar-refractivity contribution in [3.8, 4) is 0 Å². The van der Waals surface area contributed by atoms with Gasteiger partial charge in [0.15, 0.2) is 6.10 Å². The number of nitrogens with zero attached hydrogens (tertiary/aromatic N) is 2. The van der Waals surface area contributed by atoms with Crippen LogP contribution in [0.25, 0.3) is 0 Å². The number of pyridine rings is 1. The minimum Gasteiger partial charge on any atom is -0.387 e. The Hall–Kier alpha value is -3.22. The second kappa shape index (κ2) is 8.24. The van der Waals surface area contributed by atoms with Crippen molar-refractivity contribution in [3.05, 3.63) is 59.8 Å². The average molecular weight is 352 g/mol. The van der Waals surface area contributed by atoms with Gasteiger partial charge in [0, 0.05) is 25.1 Å². The largest absolute Gasteiger partial charge is 0.387 e. The summed E-state index contributed by atoms with van der Waals surface area (Å²) in [5, 5.41) is 9.25. The van der Waals surface area contributed by atoms with Crippen LogP contribution in [0.15, 0.2) is 53.7 Å². The topological polar surface area (TPSA) is 92.7 Å². The fourth-order valence-corrected chi connectivity index (χ4v) is 2.57. The summed E-state index contributed by atoms with van der Waals surface area (Å²) >= 11 is 0. The van der Waals surface area contributed by atoms with Crippen LogP contribution in [0.2, 0.25) is 0 Å². The van der Waals surface area contributed by atoms with Gasteiger partial charge in [-0.25, -0.2) is 4.98 Å². The van der Waals surface area contributed by atoms with E-state index >= 15 is 0 Å².